The molecule has 0 aromatic heterocycles. The van der Waals surface area contributed by atoms with E-state index in [2.05, 4.69) is 243 Å². The van der Waals surface area contributed by atoms with Crippen LogP contribution < -0.4 is 0 Å². The third kappa shape index (κ3) is 6.65. The first kappa shape index (κ1) is 35.4. The molecule has 0 bridgehead atoms. The van der Waals surface area contributed by atoms with Gasteiger partial charge in [-0.3, -0.25) is 0 Å². The fourth-order valence-corrected chi connectivity index (χ4v) is 8.94. The maximum atomic E-state index is 2.40. The summed E-state index contributed by atoms with van der Waals surface area (Å²) in [6.45, 7) is 0. The quantitative estimate of drug-likeness (QED) is 0.152. The van der Waals surface area contributed by atoms with Gasteiger partial charge in [-0.25, -0.2) is 0 Å². The number of fused-ring (bicyclic) bond motifs is 3. The van der Waals surface area contributed by atoms with Crippen LogP contribution >= 0.6 is 0 Å². The molecule has 0 heteroatoms. The van der Waals surface area contributed by atoms with E-state index in [1.165, 1.54) is 110 Å². The Kier molecular flexibility index (Phi) is 8.95. The molecule has 11 rings (SSSR count). The van der Waals surface area contributed by atoms with E-state index < -0.39 is 0 Å². The van der Waals surface area contributed by atoms with E-state index in [1.54, 1.807) is 0 Å². The molecule has 0 heterocycles. The molecule has 0 unspecified atom stereocenters. The van der Waals surface area contributed by atoms with Crippen molar-refractivity contribution in [2.45, 2.75) is 0 Å². The van der Waals surface area contributed by atoms with Crippen LogP contribution in [0.15, 0.2) is 243 Å². The largest absolute Gasteiger partial charge is 0.0622 e. The molecule has 0 amide bonds. The maximum absolute atomic E-state index is 2.40. The first-order valence-corrected chi connectivity index (χ1v) is 20.7. The number of rotatable bonds is 7. The molecule has 11 aromatic carbocycles. The minimum absolute atomic E-state index is 1.20. The molecule has 0 fully saturated rings. The summed E-state index contributed by atoms with van der Waals surface area (Å²) in [5.74, 6) is 0. The highest BCUT2D eigenvalue weighted by Crippen LogP contribution is 2.43. The summed E-state index contributed by atoms with van der Waals surface area (Å²) in [5, 5.41) is 7.42. The Morgan fingerprint density at radius 2 is 0.433 bits per heavy atom. The average molecular weight is 761 g/mol. The van der Waals surface area contributed by atoms with Crippen molar-refractivity contribution in [1.29, 1.82) is 0 Å². The van der Waals surface area contributed by atoms with Crippen molar-refractivity contribution in [1.82, 2.24) is 0 Å². The average Bonchev–Trinajstić information content (AvgIpc) is 3.34. The number of hydrogen-bond acceptors (Lipinski definition) is 0. The van der Waals surface area contributed by atoms with Crippen LogP contribution in [-0.4, -0.2) is 0 Å². The van der Waals surface area contributed by atoms with Crippen molar-refractivity contribution in [2.75, 3.05) is 0 Å². The monoisotopic (exact) mass is 760 g/mol. The molecular formula is C60H40. The van der Waals surface area contributed by atoms with Crippen molar-refractivity contribution in [3.8, 4) is 77.9 Å². The molecule has 0 saturated heterocycles. The van der Waals surface area contributed by atoms with Gasteiger partial charge in [-0.1, -0.05) is 188 Å². The lowest BCUT2D eigenvalue weighted by atomic mass is 9.86. The molecule has 0 atom stereocenters. The van der Waals surface area contributed by atoms with Crippen LogP contribution in [0, 0.1) is 0 Å². The predicted molar refractivity (Wildman–Crippen MR) is 257 cm³/mol. The molecule has 60 heavy (non-hydrogen) atoms. The van der Waals surface area contributed by atoms with Gasteiger partial charge in [0.2, 0.25) is 0 Å². The van der Waals surface area contributed by atoms with Crippen molar-refractivity contribution >= 4 is 32.3 Å². The lowest BCUT2D eigenvalue weighted by molar-refractivity contribution is 1.59. The lowest BCUT2D eigenvalue weighted by Gasteiger charge is -2.17. The standard InChI is InChI=1S/C60H40/c1-6-16-41(17-7-1)50-30-31-51-34-52(36-55(58(51)35-50)43-20-10-3-11-21-43)48-28-26-47-33-49(29-27-46(47)32-48)54-38-57(45-24-14-5-15-25-45)59-39-53(42-18-8-2-9-19-42)37-56(60(59)40-54)44-22-12-4-13-23-44/h1-40H. The van der Waals surface area contributed by atoms with Gasteiger partial charge in [0, 0.05) is 0 Å². The Balaban J connectivity index is 1.04. The van der Waals surface area contributed by atoms with E-state index in [9.17, 15) is 0 Å². The summed E-state index contributed by atoms with van der Waals surface area (Å²) >= 11 is 0. The van der Waals surface area contributed by atoms with E-state index in [0.717, 1.165) is 0 Å². The molecule has 0 radical (unpaired) electrons. The van der Waals surface area contributed by atoms with E-state index in [0.29, 0.717) is 0 Å². The van der Waals surface area contributed by atoms with Gasteiger partial charge in [-0.2, -0.15) is 0 Å². The van der Waals surface area contributed by atoms with Gasteiger partial charge in [-0.05, 0) is 165 Å². The summed E-state index contributed by atoms with van der Waals surface area (Å²) in [6, 6.07) is 88.9. The zero-order valence-corrected chi connectivity index (χ0v) is 33.1. The Bertz CT molecular complexity index is 3310. The van der Waals surface area contributed by atoms with Crippen LogP contribution in [0.4, 0.5) is 0 Å². The van der Waals surface area contributed by atoms with Crippen molar-refractivity contribution in [3.05, 3.63) is 243 Å². The fraction of sp³-hybridized carbons (Fsp3) is 0. The topological polar surface area (TPSA) is 0 Å². The summed E-state index contributed by atoms with van der Waals surface area (Å²) in [6.07, 6.45) is 0. The van der Waals surface area contributed by atoms with Crippen LogP contribution in [0.2, 0.25) is 0 Å². The molecule has 0 N–H and O–H groups in total. The zero-order valence-electron chi connectivity index (χ0n) is 33.1. The minimum Gasteiger partial charge on any atom is -0.0622 e. The summed E-state index contributed by atoms with van der Waals surface area (Å²) < 4.78 is 0. The zero-order chi connectivity index (χ0) is 39.8. The second kappa shape index (κ2) is 15.2. The number of hydrogen-bond donors (Lipinski definition) is 0. The van der Waals surface area contributed by atoms with E-state index in [-0.39, 0.29) is 0 Å². The minimum atomic E-state index is 1.20. The lowest BCUT2D eigenvalue weighted by Crippen LogP contribution is -1.91. The van der Waals surface area contributed by atoms with Gasteiger partial charge in [-0.15, -0.1) is 0 Å². The summed E-state index contributed by atoms with van der Waals surface area (Å²) in [5.41, 5.74) is 17.1. The van der Waals surface area contributed by atoms with Crippen LogP contribution in [0.3, 0.4) is 0 Å². The first-order valence-electron chi connectivity index (χ1n) is 20.7. The Labute approximate surface area is 351 Å². The van der Waals surface area contributed by atoms with Gasteiger partial charge in [0.15, 0.2) is 0 Å². The van der Waals surface area contributed by atoms with Gasteiger partial charge in [0.05, 0.1) is 0 Å². The SMILES string of the molecule is c1ccc(-c2ccc3cc(-c4ccc5cc(-c6cc(-c7ccccc7)c7cc(-c8ccccc8)cc(-c8ccccc8)c7c6)ccc5c4)cc(-c4ccccc4)c3c2)cc1. The normalized spacial score (nSPS) is 11.3. The fourth-order valence-electron chi connectivity index (χ4n) is 8.94. The highest BCUT2D eigenvalue weighted by molar-refractivity contribution is 6.09. The van der Waals surface area contributed by atoms with E-state index in [4.69, 9.17) is 0 Å². The molecule has 0 spiro atoms. The van der Waals surface area contributed by atoms with Crippen LogP contribution in [0.1, 0.15) is 0 Å². The van der Waals surface area contributed by atoms with Gasteiger partial charge < -0.3 is 0 Å². The molecule has 280 valence electrons. The third-order valence-electron chi connectivity index (χ3n) is 12.0. The van der Waals surface area contributed by atoms with Crippen LogP contribution in [0.25, 0.3) is 110 Å². The van der Waals surface area contributed by atoms with Crippen LogP contribution in [0.5, 0.6) is 0 Å². The Morgan fingerprint density at radius 1 is 0.150 bits per heavy atom. The highest BCUT2D eigenvalue weighted by Gasteiger charge is 2.16. The molecule has 0 aliphatic heterocycles. The Hall–Kier alpha value is -7.80. The summed E-state index contributed by atoms with van der Waals surface area (Å²) in [4.78, 5) is 0. The second-order valence-electron chi connectivity index (χ2n) is 15.7. The van der Waals surface area contributed by atoms with E-state index >= 15 is 0 Å². The van der Waals surface area contributed by atoms with Gasteiger partial charge in [0.25, 0.3) is 0 Å². The predicted octanol–water partition coefficient (Wildman–Crippen LogP) is 16.8. The molecule has 0 nitrogen and oxygen atoms in total. The maximum Gasteiger partial charge on any atom is -0.00926 e. The summed E-state index contributed by atoms with van der Waals surface area (Å²) in [7, 11) is 0. The second-order valence-corrected chi connectivity index (χ2v) is 15.7. The van der Waals surface area contributed by atoms with Crippen molar-refractivity contribution in [3.63, 3.8) is 0 Å². The van der Waals surface area contributed by atoms with Crippen LogP contribution in [-0.2, 0) is 0 Å². The first-order chi connectivity index (χ1) is 29.7. The van der Waals surface area contributed by atoms with E-state index in [1.807, 2.05) is 0 Å². The highest BCUT2D eigenvalue weighted by atomic mass is 14.2. The van der Waals surface area contributed by atoms with Crippen molar-refractivity contribution in [2.24, 2.45) is 0 Å². The molecular weight excluding hydrogens is 721 g/mol. The molecule has 0 saturated carbocycles. The molecule has 11 aromatic rings. The van der Waals surface area contributed by atoms with Crippen molar-refractivity contribution < 1.29 is 0 Å². The number of benzene rings is 11. The Morgan fingerprint density at radius 3 is 0.867 bits per heavy atom. The molecule has 0 aliphatic rings. The third-order valence-corrected chi connectivity index (χ3v) is 12.0. The smallest absolute Gasteiger partial charge is 0.00926 e. The van der Waals surface area contributed by atoms with Gasteiger partial charge >= 0.3 is 0 Å². The molecule has 0 aliphatic carbocycles. The van der Waals surface area contributed by atoms with Gasteiger partial charge in [0.1, 0.15) is 0 Å².